The number of nitrogens with one attached hydrogen (secondary N) is 2. The SMILES string of the molecule is CCNC(=NCc1ccc(C)c(F)c1)NCC1CCN(C)CC1.I. The van der Waals surface area contributed by atoms with Crippen LogP contribution in [-0.4, -0.2) is 44.1 Å². The van der Waals surface area contributed by atoms with Crippen LogP contribution in [0.25, 0.3) is 0 Å². The van der Waals surface area contributed by atoms with Gasteiger partial charge in [-0.15, -0.1) is 24.0 Å². The third-order valence-corrected chi connectivity index (χ3v) is 4.40. The van der Waals surface area contributed by atoms with Gasteiger partial charge in [-0.1, -0.05) is 12.1 Å². The molecule has 2 N–H and O–H groups in total. The number of guanidine groups is 1. The fraction of sp³-hybridized carbons (Fsp3) is 0.611. The van der Waals surface area contributed by atoms with E-state index in [1.54, 1.807) is 19.1 Å². The maximum Gasteiger partial charge on any atom is 0.191 e. The summed E-state index contributed by atoms with van der Waals surface area (Å²) in [5.74, 6) is 1.35. The van der Waals surface area contributed by atoms with Gasteiger partial charge >= 0.3 is 0 Å². The summed E-state index contributed by atoms with van der Waals surface area (Å²) in [6.07, 6.45) is 2.46. The minimum Gasteiger partial charge on any atom is -0.357 e. The molecule has 0 aromatic heterocycles. The van der Waals surface area contributed by atoms with E-state index < -0.39 is 0 Å². The van der Waals surface area contributed by atoms with Gasteiger partial charge in [0.05, 0.1) is 6.54 Å². The highest BCUT2D eigenvalue weighted by atomic mass is 127. The number of hydrogen-bond acceptors (Lipinski definition) is 2. The number of piperidine rings is 1. The van der Waals surface area contributed by atoms with E-state index in [2.05, 4.69) is 34.5 Å². The molecule has 0 atom stereocenters. The number of hydrogen-bond donors (Lipinski definition) is 2. The molecule has 1 aromatic carbocycles. The van der Waals surface area contributed by atoms with Gasteiger partial charge in [-0.25, -0.2) is 9.38 Å². The summed E-state index contributed by atoms with van der Waals surface area (Å²) >= 11 is 0. The van der Waals surface area contributed by atoms with E-state index in [4.69, 9.17) is 0 Å². The van der Waals surface area contributed by atoms with Crippen molar-refractivity contribution < 1.29 is 4.39 Å². The number of nitrogens with zero attached hydrogens (tertiary/aromatic N) is 2. The first-order valence-electron chi connectivity index (χ1n) is 8.54. The van der Waals surface area contributed by atoms with Crippen molar-refractivity contribution in [2.75, 3.05) is 33.2 Å². The maximum atomic E-state index is 13.6. The Morgan fingerprint density at radius 2 is 2.00 bits per heavy atom. The Morgan fingerprint density at radius 3 is 2.62 bits per heavy atom. The van der Waals surface area contributed by atoms with Gasteiger partial charge in [0.2, 0.25) is 0 Å². The highest BCUT2D eigenvalue weighted by molar-refractivity contribution is 14.0. The molecule has 24 heavy (non-hydrogen) atoms. The van der Waals surface area contributed by atoms with Crippen LogP contribution in [-0.2, 0) is 6.54 Å². The van der Waals surface area contributed by atoms with Gasteiger partial charge in [-0.2, -0.15) is 0 Å². The first-order valence-corrected chi connectivity index (χ1v) is 8.54. The van der Waals surface area contributed by atoms with Crippen molar-refractivity contribution >= 4 is 29.9 Å². The average Bonchev–Trinajstić information content (AvgIpc) is 2.55. The lowest BCUT2D eigenvalue weighted by Crippen LogP contribution is -2.42. The number of rotatable bonds is 5. The van der Waals surface area contributed by atoms with Crippen LogP contribution < -0.4 is 10.6 Å². The van der Waals surface area contributed by atoms with E-state index in [9.17, 15) is 4.39 Å². The van der Waals surface area contributed by atoms with Crippen molar-refractivity contribution in [2.45, 2.75) is 33.2 Å². The van der Waals surface area contributed by atoms with Crippen LogP contribution >= 0.6 is 24.0 Å². The molecular formula is C18H30FIN4. The second-order valence-electron chi connectivity index (χ2n) is 6.41. The second kappa shape index (κ2) is 10.9. The highest BCUT2D eigenvalue weighted by Crippen LogP contribution is 2.14. The van der Waals surface area contributed by atoms with Gasteiger partial charge in [-0.05, 0) is 69.9 Å². The van der Waals surface area contributed by atoms with Gasteiger partial charge in [0.15, 0.2) is 5.96 Å². The summed E-state index contributed by atoms with van der Waals surface area (Å²) in [5.41, 5.74) is 1.56. The van der Waals surface area contributed by atoms with Gasteiger partial charge in [0.25, 0.3) is 0 Å². The zero-order valence-electron chi connectivity index (χ0n) is 14.9. The van der Waals surface area contributed by atoms with Crippen LogP contribution in [0.15, 0.2) is 23.2 Å². The van der Waals surface area contributed by atoms with E-state index >= 15 is 0 Å². The standard InChI is InChI=1S/C18H29FN4.HI/c1-4-20-18(21-12-15-7-9-23(3)10-8-15)22-13-16-6-5-14(2)17(19)11-16;/h5-6,11,15H,4,7-10,12-13H2,1-3H3,(H2,20,21,22);1H. The lowest BCUT2D eigenvalue weighted by molar-refractivity contribution is 0.220. The molecule has 1 heterocycles. The van der Waals surface area contributed by atoms with Crippen LogP contribution in [0, 0.1) is 18.7 Å². The van der Waals surface area contributed by atoms with Crippen molar-refractivity contribution in [3.63, 3.8) is 0 Å². The molecule has 0 aliphatic carbocycles. The molecule has 0 spiro atoms. The van der Waals surface area contributed by atoms with Crippen molar-refractivity contribution in [3.05, 3.63) is 35.1 Å². The van der Waals surface area contributed by atoms with Crippen molar-refractivity contribution in [2.24, 2.45) is 10.9 Å². The molecule has 1 saturated heterocycles. The van der Waals surface area contributed by atoms with E-state index in [-0.39, 0.29) is 29.8 Å². The Labute approximate surface area is 162 Å². The fourth-order valence-electron chi connectivity index (χ4n) is 2.75. The number of benzene rings is 1. The quantitative estimate of drug-likeness (QED) is 0.413. The Hall–Kier alpha value is -0.890. The number of aliphatic imine (C=N–C) groups is 1. The first-order chi connectivity index (χ1) is 11.1. The summed E-state index contributed by atoms with van der Waals surface area (Å²) in [4.78, 5) is 6.95. The zero-order valence-corrected chi connectivity index (χ0v) is 17.3. The molecule has 1 aliphatic heterocycles. The van der Waals surface area contributed by atoms with Crippen LogP contribution in [0.1, 0.15) is 30.9 Å². The van der Waals surface area contributed by atoms with E-state index in [0.29, 0.717) is 18.0 Å². The number of aryl methyl sites for hydroxylation is 1. The van der Waals surface area contributed by atoms with Crippen molar-refractivity contribution in [1.29, 1.82) is 0 Å². The molecule has 0 bridgehead atoms. The highest BCUT2D eigenvalue weighted by Gasteiger charge is 2.16. The Morgan fingerprint density at radius 1 is 1.29 bits per heavy atom. The van der Waals surface area contributed by atoms with E-state index in [1.165, 1.54) is 25.9 Å². The summed E-state index contributed by atoms with van der Waals surface area (Å²) in [6, 6.07) is 5.31. The first kappa shape index (κ1) is 21.2. The fourth-order valence-corrected chi connectivity index (χ4v) is 2.75. The number of halogens is 2. The van der Waals surface area contributed by atoms with Gasteiger partial charge in [0, 0.05) is 13.1 Å². The normalized spacial score (nSPS) is 16.6. The summed E-state index contributed by atoms with van der Waals surface area (Å²) in [5, 5.41) is 6.69. The molecule has 2 rings (SSSR count). The van der Waals surface area contributed by atoms with E-state index in [0.717, 1.165) is 24.6 Å². The molecule has 1 fully saturated rings. The molecule has 6 heteroatoms. The molecule has 0 saturated carbocycles. The Bertz CT molecular complexity index is 528. The van der Waals surface area contributed by atoms with Crippen LogP contribution in [0.2, 0.25) is 0 Å². The van der Waals surface area contributed by atoms with Crippen LogP contribution in [0.5, 0.6) is 0 Å². The summed E-state index contributed by atoms with van der Waals surface area (Å²) in [6.45, 7) is 8.42. The Kier molecular flexibility index (Phi) is 9.58. The average molecular weight is 448 g/mol. The largest absolute Gasteiger partial charge is 0.357 e. The third-order valence-electron chi connectivity index (χ3n) is 4.40. The molecule has 0 radical (unpaired) electrons. The van der Waals surface area contributed by atoms with Gasteiger partial charge in [-0.3, -0.25) is 0 Å². The van der Waals surface area contributed by atoms with Crippen LogP contribution in [0.3, 0.4) is 0 Å². The maximum absolute atomic E-state index is 13.6. The summed E-state index contributed by atoms with van der Waals surface area (Å²) < 4.78 is 13.6. The minimum atomic E-state index is -0.165. The molecular weight excluding hydrogens is 418 g/mol. The van der Waals surface area contributed by atoms with E-state index in [1.807, 2.05) is 6.07 Å². The monoisotopic (exact) mass is 448 g/mol. The molecule has 4 nitrogen and oxygen atoms in total. The molecule has 0 amide bonds. The lowest BCUT2D eigenvalue weighted by Gasteiger charge is -2.29. The van der Waals surface area contributed by atoms with Crippen molar-refractivity contribution in [1.82, 2.24) is 15.5 Å². The number of likely N-dealkylation sites (tertiary alicyclic amines) is 1. The minimum absolute atomic E-state index is 0. The predicted octanol–water partition coefficient (Wildman–Crippen LogP) is 3.15. The molecule has 1 aromatic rings. The summed E-state index contributed by atoms with van der Waals surface area (Å²) in [7, 11) is 2.18. The molecule has 1 aliphatic rings. The topological polar surface area (TPSA) is 39.7 Å². The molecule has 0 unspecified atom stereocenters. The lowest BCUT2D eigenvalue weighted by atomic mass is 9.97. The van der Waals surface area contributed by atoms with Gasteiger partial charge < -0.3 is 15.5 Å². The Balaban J connectivity index is 0.00000288. The second-order valence-corrected chi connectivity index (χ2v) is 6.41. The zero-order chi connectivity index (χ0) is 16.7. The predicted molar refractivity (Wildman–Crippen MR) is 110 cm³/mol. The van der Waals surface area contributed by atoms with Gasteiger partial charge in [0.1, 0.15) is 5.82 Å². The third kappa shape index (κ3) is 6.93. The van der Waals surface area contributed by atoms with Crippen molar-refractivity contribution in [3.8, 4) is 0 Å². The smallest absolute Gasteiger partial charge is 0.191 e. The molecule has 136 valence electrons. The van der Waals surface area contributed by atoms with Crippen LogP contribution in [0.4, 0.5) is 4.39 Å².